The van der Waals surface area contributed by atoms with E-state index in [0.717, 1.165) is 25.4 Å². The molecule has 3 N–H and O–H groups in total. The third-order valence-electron chi connectivity index (χ3n) is 2.44. The maximum Gasteiger partial charge on any atom is 0.117 e. The Morgan fingerprint density at radius 1 is 1.13 bits per heavy atom. The molecule has 0 fully saturated rings. The fourth-order valence-corrected chi connectivity index (χ4v) is 1.55. The molecule has 0 saturated carbocycles. The van der Waals surface area contributed by atoms with Crippen molar-refractivity contribution in [2.75, 3.05) is 13.1 Å². The van der Waals surface area contributed by atoms with E-state index < -0.39 is 0 Å². The summed E-state index contributed by atoms with van der Waals surface area (Å²) in [5.41, 5.74) is 5.42. The second-order valence-electron chi connectivity index (χ2n) is 3.81. The molecule has 0 amide bonds. The smallest absolute Gasteiger partial charge is 0.117 e. The Balaban J connectivity index is 1.81. The Morgan fingerprint density at radius 3 is 2.67 bits per heavy atom. The van der Waals surface area contributed by atoms with Crippen molar-refractivity contribution >= 4 is 0 Å². The van der Waals surface area contributed by atoms with Gasteiger partial charge in [0.15, 0.2) is 0 Å². The fourth-order valence-electron chi connectivity index (χ4n) is 1.55. The molecule has 0 aliphatic rings. The molecule has 0 bridgehead atoms. The quantitative estimate of drug-likeness (QED) is 0.615. The van der Waals surface area contributed by atoms with Crippen LogP contribution in [-0.2, 0) is 6.54 Å². The van der Waals surface area contributed by atoms with Crippen LogP contribution in [0.5, 0.6) is 0 Å². The van der Waals surface area contributed by atoms with Crippen molar-refractivity contribution in [1.29, 1.82) is 0 Å². The molecule has 3 nitrogen and oxygen atoms in total. The molecule has 0 aromatic carbocycles. The summed E-state index contributed by atoms with van der Waals surface area (Å²) in [5, 5.41) is 3.36. The van der Waals surface area contributed by atoms with Gasteiger partial charge in [0.25, 0.3) is 0 Å². The zero-order valence-corrected chi connectivity index (χ0v) is 9.37. The summed E-state index contributed by atoms with van der Waals surface area (Å²) in [6.07, 6.45) is 7.99. The predicted octanol–water partition coefficient (Wildman–Crippen LogP) is 2.28. The number of rotatable bonds is 9. The van der Waals surface area contributed by atoms with Gasteiger partial charge in [0.05, 0.1) is 12.8 Å². The molecule has 0 atom stereocenters. The molecule has 3 heteroatoms. The molecular weight excluding hydrogens is 188 g/mol. The van der Waals surface area contributed by atoms with Gasteiger partial charge in [0.1, 0.15) is 5.76 Å². The van der Waals surface area contributed by atoms with E-state index in [2.05, 4.69) is 5.32 Å². The van der Waals surface area contributed by atoms with Gasteiger partial charge in [0, 0.05) is 0 Å². The van der Waals surface area contributed by atoms with Crippen LogP contribution in [0.25, 0.3) is 0 Å². The fraction of sp³-hybridized carbons (Fsp3) is 0.667. The molecule has 0 aliphatic heterocycles. The molecule has 15 heavy (non-hydrogen) atoms. The normalized spacial score (nSPS) is 10.7. The highest BCUT2D eigenvalue weighted by Gasteiger charge is 1.94. The van der Waals surface area contributed by atoms with E-state index in [9.17, 15) is 0 Å². The van der Waals surface area contributed by atoms with Gasteiger partial charge < -0.3 is 15.5 Å². The molecular formula is C12H22N2O. The van der Waals surface area contributed by atoms with Crippen LogP contribution in [0, 0.1) is 0 Å². The minimum absolute atomic E-state index is 0.830. The summed E-state index contributed by atoms with van der Waals surface area (Å²) in [4.78, 5) is 0. The van der Waals surface area contributed by atoms with Gasteiger partial charge in [-0.05, 0) is 38.1 Å². The Kier molecular flexibility index (Phi) is 6.96. The lowest BCUT2D eigenvalue weighted by Gasteiger charge is -2.02. The van der Waals surface area contributed by atoms with Crippen LogP contribution in [-0.4, -0.2) is 13.1 Å². The lowest BCUT2D eigenvalue weighted by molar-refractivity contribution is 0.477. The molecule has 0 aliphatic carbocycles. The van der Waals surface area contributed by atoms with E-state index in [1.54, 1.807) is 6.26 Å². The van der Waals surface area contributed by atoms with Crippen LogP contribution >= 0.6 is 0 Å². The van der Waals surface area contributed by atoms with Gasteiger partial charge >= 0.3 is 0 Å². The lowest BCUT2D eigenvalue weighted by Crippen LogP contribution is -2.14. The second kappa shape index (κ2) is 8.50. The van der Waals surface area contributed by atoms with Gasteiger partial charge in [0.2, 0.25) is 0 Å². The Morgan fingerprint density at radius 2 is 1.93 bits per heavy atom. The first-order chi connectivity index (χ1) is 7.43. The number of nitrogens with one attached hydrogen (secondary N) is 1. The molecule has 1 aromatic heterocycles. The SMILES string of the molecule is NCCCCCCCNCc1ccco1. The van der Waals surface area contributed by atoms with Crippen LogP contribution in [0.4, 0.5) is 0 Å². The third-order valence-corrected chi connectivity index (χ3v) is 2.44. The first kappa shape index (κ1) is 12.3. The van der Waals surface area contributed by atoms with Crippen molar-refractivity contribution in [3.8, 4) is 0 Å². The summed E-state index contributed by atoms with van der Waals surface area (Å²) >= 11 is 0. The Hall–Kier alpha value is -0.800. The number of hydrogen-bond acceptors (Lipinski definition) is 3. The standard InChI is InChI=1S/C12H22N2O/c13-8-4-2-1-3-5-9-14-11-12-7-6-10-15-12/h6-7,10,14H,1-5,8-9,11,13H2. The number of unbranched alkanes of at least 4 members (excludes halogenated alkanes) is 4. The zero-order valence-electron chi connectivity index (χ0n) is 9.37. The molecule has 0 radical (unpaired) electrons. The van der Waals surface area contributed by atoms with Crippen LogP contribution in [0.3, 0.4) is 0 Å². The molecule has 1 heterocycles. The lowest BCUT2D eigenvalue weighted by atomic mass is 10.1. The summed E-state index contributed by atoms with van der Waals surface area (Å²) in [6, 6.07) is 3.91. The van der Waals surface area contributed by atoms with Crippen molar-refractivity contribution in [2.45, 2.75) is 38.6 Å². The highest BCUT2D eigenvalue weighted by molar-refractivity contribution is 4.97. The minimum Gasteiger partial charge on any atom is -0.468 e. The van der Waals surface area contributed by atoms with Crippen LogP contribution in [0.2, 0.25) is 0 Å². The van der Waals surface area contributed by atoms with Crippen LogP contribution < -0.4 is 11.1 Å². The highest BCUT2D eigenvalue weighted by Crippen LogP contribution is 2.02. The maximum absolute atomic E-state index is 5.42. The van der Waals surface area contributed by atoms with Crippen molar-refractivity contribution in [3.63, 3.8) is 0 Å². The summed E-state index contributed by atoms with van der Waals surface area (Å²) < 4.78 is 5.22. The van der Waals surface area contributed by atoms with Gasteiger partial charge in [-0.1, -0.05) is 19.3 Å². The van der Waals surface area contributed by atoms with E-state index in [4.69, 9.17) is 10.2 Å². The summed E-state index contributed by atoms with van der Waals surface area (Å²) in [7, 11) is 0. The van der Waals surface area contributed by atoms with Crippen LogP contribution in [0.15, 0.2) is 22.8 Å². The molecule has 0 unspecified atom stereocenters. The second-order valence-corrected chi connectivity index (χ2v) is 3.81. The molecule has 86 valence electrons. The largest absolute Gasteiger partial charge is 0.468 e. The van der Waals surface area contributed by atoms with Gasteiger partial charge in [-0.3, -0.25) is 0 Å². The number of nitrogens with two attached hydrogens (primary N) is 1. The van der Waals surface area contributed by atoms with Gasteiger partial charge in [-0.15, -0.1) is 0 Å². The van der Waals surface area contributed by atoms with E-state index >= 15 is 0 Å². The van der Waals surface area contributed by atoms with Crippen molar-refractivity contribution in [3.05, 3.63) is 24.2 Å². The van der Waals surface area contributed by atoms with Crippen molar-refractivity contribution < 1.29 is 4.42 Å². The van der Waals surface area contributed by atoms with Crippen molar-refractivity contribution in [2.24, 2.45) is 5.73 Å². The van der Waals surface area contributed by atoms with E-state index in [1.165, 1.54) is 32.1 Å². The monoisotopic (exact) mass is 210 g/mol. The Labute approximate surface area is 92.0 Å². The Bertz CT molecular complexity index is 222. The van der Waals surface area contributed by atoms with Gasteiger partial charge in [-0.25, -0.2) is 0 Å². The molecule has 1 rings (SSSR count). The zero-order chi connectivity index (χ0) is 10.8. The minimum atomic E-state index is 0.830. The van der Waals surface area contributed by atoms with Gasteiger partial charge in [-0.2, -0.15) is 0 Å². The predicted molar refractivity (Wildman–Crippen MR) is 62.6 cm³/mol. The maximum atomic E-state index is 5.42. The average molecular weight is 210 g/mol. The van der Waals surface area contributed by atoms with E-state index in [0.29, 0.717) is 0 Å². The number of hydrogen-bond donors (Lipinski definition) is 2. The topological polar surface area (TPSA) is 51.2 Å². The number of furan rings is 1. The third kappa shape index (κ3) is 6.31. The van der Waals surface area contributed by atoms with Crippen molar-refractivity contribution in [1.82, 2.24) is 5.32 Å². The summed E-state index contributed by atoms with van der Waals surface area (Å²) in [5.74, 6) is 1.01. The molecule has 1 aromatic rings. The summed E-state index contributed by atoms with van der Waals surface area (Å²) in [6.45, 7) is 2.75. The first-order valence-electron chi connectivity index (χ1n) is 5.86. The van der Waals surface area contributed by atoms with E-state index in [-0.39, 0.29) is 0 Å². The molecule has 0 saturated heterocycles. The molecule has 0 spiro atoms. The van der Waals surface area contributed by atoms with E-state index in [1.807, 2.05) is 12.1 Å². The van der Waals surface area contributed by atoms with Crippen LogP contribution in [0.1, 0.15) is 37.9 Å². The highest BCUT2D eigenvalue weighted by atomic mass is 16.3. The average Bonchev–Trinajstić information content (AvgIpc) is 2.75. The first-order valence-corrected chi connectivity index (χ1v) is 5.86.